The Morgan fingerprint density at radius 1 is 1.25 bits per heavy atom. The molecule has 1 aliphatic heterocycles. The first kappa shape index (κ1) is 18.5. The Bertz CT molecular complexity index is 603. The van der Waals surface area contributed by atoms with E-state index in [1.54, 1.807) is 4.90 Å². The van der Waals surface area contributed by atoms with Gasteiger partial charge >= 0.3 is 0 Å². The first-order valence-electron chi connectivity index (χ1n) is 8.76. The summed E-state index contributed by atoms with van der Waals surface area (Å²) in [7, 11) is 0. The van der Waals surface area contributed by atoms with Crippen molar-refractivity contribution < 1.29 is 9.59 Å². The van der Waals surface area contributed by atoms with Crippen molar-refractivity contribution in [2.75, 3.05) is 18.0 Å². The minimum atomic E-state index is -0.608. The van der Waals surface area contributed by atoms with Gasteiger partial charge in [0.15, 0.2) is 0 Å². The number of nitrogens with one attached hydrogen (secondary N) is 1. The maximum absolute atomic E-state index is 12.7. The minimum absolute atomic E-state index is 0.117. The number of carbonyl (C=O) groups is 2. The van der Waals surface area contributed by atoms with Crippen LogP contribution in [0, 0.1) is 19.8 Å². The normalized spacial score (nSPS) is 18.1. The molecule has 2 amide bonds. The lowest BCUT2D eigenvalue weighted by Crippen LogP contribution is -2.51. The molecule has 1 aromatic rings. The second-order valence-corrected chi connectivity index (χ2v) is 6.96. The third kappa shape index (κ3) is 3.96. The van der Waals surface area contributed by atoms with Gasteiger partial charge in [0.25, 0.3) is 0 Å². The van der Waals surface area contributed by atoms with Gasteiger partial charge in [-0.15, -0.1) is 0 Å². The number of hydrogen-bond acceptors (Lipinski definition) is 3. The highest BCUT2D eigenvalue weighted by atomic mass is 16.2. The summed E-state index contributed by atoms with van der Waals surface area (Å²) in [6.45, 7) is 9.03. The number of amides is 2. The molecule has 24 heavy (non-hydrogen) atoms. The molecule has 0 bridgehead atoms. The van der Waals surface area contributed by atoms with Crippen LogP contribution in [0.5, 0.6) is 0 Å². The average Bonchev–Trinajstić information content (AvgIpc) is 2.93. The van der Waals surface area contributed by atoms with Crippen LogP contribution in [0.25, 0.3) is 0 Å². The molecule has 0 aromatic heterocycles. The van der Waals surface area contributed by atoms with Gasteiger partial charge in [-0.25, -0.2) is 0 Å². The molecule has 1 aromatic carbocycles. The molecule has 5 heteroatoms. The second kappa shape index (κ2) is 7.34. The molecule has 1 heterocycles. The number of nitrogens with two attached hydrogens (primary N) is 1. The van der Waals surface area contributed by atoms with Crippen LogP contribution in [0.15, 0.2) is 18.2 Å². The van der Waals surface area contributed by atoms with Gasteiger partial charge in [0.2, 0.25) is 11.8 Å². The lowest BCUT2D eigenvalue weighted by atomic mass is 9.94. The monoisotopic (exact) mass is 331 g/mol. The Balaban J connectivity index is 2.04. The molecular weight excluding hydrogens is 302 g/mol. The summed E-state index contributed by atoms with van der Waals surface area (Å²) in [6.07, 6.45) is 2.13. The zero-order chi connectivity index (χ0) is 17.9. The molecule has 0 radical (unpaired) electrons. The Morgan fingerprint density at radius 2 is 1.83 bits per heavy atom. The van der Waals surface area contributed by atoms with Crippen LogP contribution in [0.4, 0.5) is 5.69 Å². The first-order valence-corrected chi connectivity index (χ1v) is 8.76. The van der Waals surface area contributed by atoms with E-state index in [1.165, 1.54) is 0 Å². The largest absolute Gasteiger partial charge is 0.354 e. The summed E-state index contributed by atoms with van der Waals surface area (Å²) < 4.78 is 0. The van der Waals surface area contributed by atoms with Crippen LogP contribution in [0.3, 0.4) is 0 Å². The van der Waals surface area contributed by atoms with Crippen LogP contribution in [0.1, 0.15) is 44.2 Å². The van der Waals surface area contributed by atoms with E-state index in [0.717, 1.165) is 29.7 Å². The van der Waals surface area contributed by atoms with Crippen LogP contribution in [-0.2, 0) is 9.59 Å². The molecule has 0 aliphatic carbocycles. The molecule has 0 saturated carbocycles. The smallest absolute Gasteiger partial charge is 0.239 e. The van der Waals surface area contributed by atoms with Crippen molar-refractivity contribution in [1.29, 1.82) is 0 Å². The lowest BCUT2D eigenvalue weighted by Gasteiger charge is -2.27. The van der Waals surface area contributed by atoms with E-state index in [0.29, 0.717) is 19.5 Å². The van der Waals surface area contributed by atoms with Crippen molar-refractivity contribution in [1.82, 2.24) is 5.32 Å². The molecule has 132 valence electrons. The summed E-state index contributed by atoms with van der Waals surface area (Å²) in [5.74, 6) is -0.930. The highest BCUT2D eigenvalue weighted by Crippen LogP contribution is 2.27. The molecule has 1 atom stereocenters. The number of aryl methyl sites for hydroxylation is 2. The summed E-state index contributed by atoms with van der Waals surface area (Å²) in [6, 6.07) is 6.05. The van der Waals surface area contributed by atoms with Gasteiger partial charge in [-0.1, -0.05) is 19.9 Å². The standard InChI is InChI=1S/C19H29N3O2/c1-5-19(20,6-2)12-21-17(23)16-7-8-22(18(16)24)15-10-13(3)9-14(4)11-15/h9-11,16H,5-8,12,20H2,1-4H3,(H,21,23). The van der Waals surface area contributed by atoms with Gasteiger partial charge in [0.05, 0.1) is 0 Å². The van der Waals surface area contributed by atoms with Crippen LogP contribution in [-0.4, -0.2) is 30.4 Å². The van der Waals surface area contributed by atoms with Gasteiger partial charge < -0.3 is 16.0 Å². The first-order chi connectivity index (χ1) is 11.3. The number of hydrogen-bond donors (Lipinski definition) is 2. The topological polar surface area (TPSA) is 75.4 Å². The summed E-state index contributed by atoms with van der Waals surface area (Å²) in [5.41, 5.74) is 8.93. The van der Waals surface area contributed by atoms with Gasteiger partial charge in [-0.2, -0.15) is 0 Å². The highest BCUT2D eigenvalue weighted by molar-refractivity contribution is 6.09. The fourth-order valence-corrected chi connectivity index (χ4v) is 3.17. The predicted molar refractivity (Wildman–Crippen MR) is 96.9 cm³/mol. The van der Waals surface area contributed by atoms with Crippen molar-refractivity contribution in [2.45, 2.75) is 52.5 Å². The minimum Gasteiger partial charge on any atom is -0.354 e. The van der Waals surface area contributed by atoms with Gasteiger partial charge in [-0.3, -0.25) is 9.59 Å². The van der Waals surface area contributed by atoms with E-state index >= 15 is 0 Å². The van der Waals surface area contributed by atoms with E-state index < -0.39 is 11.5 Å². The van der Waals surface area contributed by atoms with E-state index in [2.05, 4.69) is 11.4 Å². The predicted octanol–water partition coefficient (Wildman–Crippen LogP) is 2.29. The number of nitrogens with zero attached hydrogens (tertiary/aromatic N) is 1. The zero-order valence-corrected chi connectivity index (χ0v) is 15.2. The average molecular weight is 331 g/mol. The Morgan fingerprint density at radius 3 is 2.38 bits per heavy atom. The molecule has 3 N–H and O–H groups in total. The maximum Gasteiger partial charge on any atom is 0.239 e. The number of carbonyl (C=O) groups excluding carboxylic acids is 2. The molecule has 1 saturated heterocycles. The van der Waals surface area contributed by atoms with Gasteiger partial charge in [-0.05, 0) is 56.4 Å². The summed E-state index contributed by atoms with van der Waals surface area (Å²) >= 11 is 0. The quantitative estimate of drug-likeness (QED) is 0.785. The van der Waals surface area contributed by atoms with Crippen LogP contribution in [0.2, 0.25) is 0 Å². The van der Waals surface area contributed by atoms with Crippen molar-refractivity contribution >= 4 is 17.5 Å². The van der Waals surface area contributed by atoms with Crippen molar-refractivity contribution in [3.63, 3.8) is 0 Å². The van der Waals surface area contributed by atoms with E-state index in [1.807, 2.05) is 39.8 Å². The fourth-order valence-electron chi connectivity index (χ4n) is 3.17. The molecule has 1 unspecified atom stereocenters. The molecule has 2 rings (SSSR count). The zero-order valence-electron chi connectivity index (χ0n) is 15.2. The lowest BCUT2D eigenvalue weighted by molar-refractivity contribution is -0.132. The van der Waals surface area contributed by atoms with E-state index in [-0.39, 0.29) is 11.8 Å². The van der Waals surface area contributed by atoms with Crippen molar-refractivity contribution in [2.24, 2.45) is 11.7 Å². The van der Waals surface area contributed by atoms with E-state index in [9.17, 15) is 9.59 Å². The summed E-state index contributed by atoms with van der Waals surface area (Å²) in [5, 5.41) is 2.88. The molecule has 5 nitrogen and oxygen atoms in total. The Kier molecular flexibility index (Phi) is 5.65. The second-order valence-electron chi connectivity index (χ2n) is 6.96. The third-order valence-corrected chi connectivity index (χ3v) is 5.06. The third-order valence-electron chi connectivity index (χ3n) is 5.06. The van der Waals surface area contributed by atoms with Crippen molar-refractivity contribution in [3.05, 3.63) is 29.3 Å². The number of anilines is 1. The molecule has 1 fully saturated rings. The number of rotatable bonds is 6. The maximum atomic E-state index is 12.7. The van der Waals surface area contributed by atoms with Crippen LogP contribution >= 0.6 is 0 Å². The molecule has 0 spiro atoms. The van der Waals surface area contributed by atoms with Crippen molar-refractivity contribution in [3.8, 4) is 0 Å². The highest BCUT2D eigenvalue weighted by Gasteiger charge is 2.38. The Hall–Kier alpha value is -1.88. The van der Waals surface area contributed by atoms with Gasteiger partial charge in [0.1, 0.15) is 5.92 Å². The van der Waals surface area contributed by atoms with E-state index in [4.69, 9.17) is 5.73 Å². The van der Waals surface area contributed by atoms with Gasteiger partial charge in [0, 0.05) is 24.3 Å². The fraction of sp³-hybridized carbons (Fsp3) is 0.579. The molecular formula is C19H29N3O2. The molecule has 1 aliphatic rings. The summed E-state index contributed by atoms with van der Waals surface area (Å²) in [4.78, 5) is 26.8. The SMILES string of the molecule is CCC(N)(CC)CNC(=O)C1CCN(c2cc(C)cc(C)c2)C1=O. The Labute approximate surface area is 144 Å². The number of benzene rings is 1. The van der Waals surface area contributed by atoms with Crippen LogP contribution < -0.4 is 16.0 Å².